The van der Waals surface area contributed by atoms with E-state index in [4.69, 9.17) is 23.6 Å². The lowest BCUT2D eigenvalue weighted by Gasteiger charge is -2.39. The van der Waals surface area contributed by atoms with Gasteiger partial charge in [0.05, 0.1) is 17.1 Å². The molecule has 0 radical (unpaired) electrons. The van der Waals surface area contributed by atoms with E-state index in [1.165, 1.54) is 30.0 Å². The zero-order chi connectivity index (χ0) is 45.6. The number of aryl methyl sites for hydroxylation is 1. The van der Waals surface area contributed by atoms with Gasteiger partial charge in [0.25, 0.3) is 0 Å². The summed E-state index contributed by atoms with van der Waals surface area (Å²) in [5.74, 6) is 0. The normalized spacial score (nSPS) is 17.1. The third-order valence-corrected chi connectivity index (χ3v) is 11.1. The summed E-state index contributed by atoms with van der Waals surface area (Å²) in [6, 6.07) is 43.4. The summed E-state index contributed by atoms with van der Waals surface area (Å²) in [5.41, 5.74) is 17.1. The van der Waals surface area contributed by atoms with Crippen molar-refractivity contribution in [1.82, 2.24) is 5.32 Å². The topological polar surface area (TPSA) is 74.3 Å². The number of para-hydroxylation sites is 1. The molecule has 5 aromatic rings. The molecule has 0 bridgehead atoms. The maximum absolute atomic E-state index is 7.90. The second-order valence-electron chi connectivity index (χ2n) is 15.2. The molecule has 0 aliphatic carbocycles. The van der Waals surface area contributed by atoms with Crippen LogP contribution in [-0.4, -0.2) is 19.5 Å². The number of nitrogens with two attached hydrogens (primary N) is 1. The van der Waals surface area contributed by atoms with Gasteiger partial charge in [-0.2, -0.15) is 0 Å². The van der Waals surface area contributed by atoms with E-state index in [0.717, 1.165) is 68.8 Å². The number of nitrogens with one attached hydrogen (secondary N) is 2. The maximum atomic E-state index is 7.90. The van der Waals surface area contributed by atoms with Crippen LogP contribution < -0.4 is 11.1 Å². The first-order valence-electron chi connectivity index (χ1n) is 21.9. The predicted octanol–water partition coefficient (Wildman–Crippen LogP) is 15.1. The molecule has 0 spiro atoms. The minimum Gasteiger partial charge on any atom is -0.378 e. The zero-order valence-corrected chi connectivity index (χ0v) is 37.8. The molecule has 0 fully saturated rings. The van der Waals surface area contributed by atoms with Gasteiger partial charge in [0, 0.05) is 18.1 Å². The number of rotatable bonds is 15. The van der Waals surface area contributed by atoms with Crippen molar-refractivity contribution >= 4 is 23.8 Å². The molecule has 322 valence electrons. The molecule has 2 unspecified atom stereocenters. The molecule has 0 saturated carbocycles. The Bertz CT molecular complexity index is 2630. The minimum atomic E-state index is -0.927. The van der Waals surface area contributed by atoms with E-state index >= 15 is 0 Å². The van der Waals surface area contributed by atoms with E-state index in [2.05, 4.69) is 158 Å². The molecule has 0 amide bonds. The van der Waals surface area contributed by atoms with Gasteiger partial charge in [-0.3, -0.25) is 4.99 Å². The quantitative estimate of drug-likeness (QED) is 0.0726. The van der Waals surface area contributed by atoms with Crippen LogP contribution >= 0.6 is 0 Å². The Kier molecular flexibility index (Phi) is 18.5. The van der Waals surface area contributed by atoms with Crippen molar-refractivity contribution in [1.29, 1.82) is 5.41 Å². The Morgan fingerprint density at radius 2 is 1.30 bits per heavy atom. The van der Waals surface area contributed by atoms with Crippen LogP contribution in [-0.2, 0) is 5.41 Å². The van der Waals surface area contributed by atoms with E-state index < -0.39 is 5.41 Å². The van der Waals surface area contributed by atoms with Crippen LogP contribution in [0.1, 0.15) is 60.5 Å². The molecule has 1 aliphatic rings. The molecule has 2 atom stereocenters. The highest BCUT2D eigenvalue weighted by atomic mass is 14.9. The van der Waals surface area contributed by atoms with Gasteiger partial charge in [0.15, 0.2) is 0 Å². The summed E-state index contributed by atoms with van der Waals surface area (Å²) in [7, 11) is 1.50. The second kappa shape index (κ2) is 24.9. The summed E-state index contributed by atoms with van der Waals surface area (Å²) in [6.45, 7) is 15.6. The average Bonchev–Trinajstić information content (AvgIpc) is 3.34. The number of nitrogens with zero attached hydrogens (tertiary/aromatic N) is 1. The van der Waals surface area contributed by atoms with Crippen LogP contribution in [0.4, 0.5) is 5.69 Å². The first kappa shape index (κ1) is 47.6. The van der Waals surface area contributed by atoms with Gasteiger partial charge in [-0.05, 0) is 138 Å². The summed E-state index contributed by atoms with van der Waals surface area (Å²) < 4.78 is 0. The Morgan fingerprint density at radius 1 is 0.656 bits per heavy atom. The SMILES string of the molecule is C=C(/C=C\C=N)C(C(=C)/C=C\C=C/C)(c1cc(-c2ccc(-c3cccc(C4CC\C=C/C=C\C=C(\c5ccccc5)N4)c3)cc2)ccc1C)c1ccccc1N=C/C=C\C=C/C.CN. The molecule has 0 saturated heterocycles. The monoisotopic (exact) mass is 838 g/mol. The molecule has 4 nitrogen and oxygen atoms in total. The predicted molar refractivity (Wildman–Crippen MR) is 279 cm³/mol. The zero-order valence-electron chi connectivity index (χ0n) is 37.8. The van der Waals surface area contributed by atoms with Gasteiger partial charge < -0.3 is 16.5 Å². The van der Waals surface area contributed by atoms with Gasteiger partial charge in [0.1, 0.15) is 0 Å². The average molecular weight is 839 g/mol. The van der Waals surface area contributed by atoms with Gasteiger partial charge in [0.2, 0.25) is 0 Å². The van der Waals surface area contributed by atoms with Crippen molar-refractivity contribution in [3.63, 3.8) is 0 Å². The standard InChI is InChI=1S/C59H57N3.CH5N/c1-6-8-10-22-42-61-58-34-21-20-31-54(58)59(47(5)26-24-41-60,46(4)25-15-9-7-2)55-44-52(36-35-45(55)3)49-39-37-48(38-40-49)51-29-23-30-53(43-51)57-33-19-13-11-12-18-32-56(62-57)50-27-16-14-17-28-50;1-2/h6-18,20-32,34-44,57,60,62H,4-5,19,33H2,1-3H3;2H2,1H3/b8-6-,9-7-,13-11-,18-12-,22-10-,25-15-,26-24-,56-32-,60-41?,61-42?;. The van der Waals surface area contributed by atoms with Crippen LogP contribution in [0.15, 0.2) is 242 Å². The van der Waals surface area contributed by atoms with Crippen LogP contribution in [0.2, 0.25) is 0 Å². The van der Waals surface area contributed by atoms with Crippen molar-refractivity contribution < 1.29 is 0 Å². The van der Waals surface area contributed by atoms with Crippen LogP contribution in [0, 0.1) is 12.3 Å². The number of allylic oxidation sites excluding steroid dienone is 17. The van der Waals surface area contributed by atoms with Crippen molar-refractivity contribution in [2.45, 2.75) is 45.1 Å². The van der Waals surface area contributed by atoms with Crippen LogP contribution in [0.25, 0.3) is 28.0 Å². The molecular formula is C60H62N4. The fourth-order valence-corrected chi connectivity index (χ4v) is 8.00. The molecule has 4 heteroatoms. The first-order chi connectivity index (χ1) is 31.4. The number of hydrogen-bond acceptors (Lipinski definition) is 4. The van der Waals surface area contributed by atoms with Crippen molar-refractivity contribution in [3.05, 3.63) is 265 Å². The number of hydrogen-bond donors (Lipinski definition) is 3. The third-order valence-electron chi connectivity index (χ3n) is 11.1. The smallest absolute Gasteiger partial charge is 0.0713 e. The fourth-order valence-electron chi connectivity index (χ4n) is 8.00. The Morgan fingerprint density at radius 3 is 2.02 bits per heavy atom. The Balaban J connectivity index is 0.00000380. The Hall–Kier alpha value is -7.40. The summed E-state index contributed by atoms with van der Waals surface area (Å²) in [4.78, 5) is 4.98. The molecule has 5 aromatic carbocycles. The highest BCUT2D eigenvalue weighted by Crippen LogP contribution is 2.50. The van der Waals surface area contributed by atoms with E-state index in [0.29, 0.717) is 0 Å². The summed E-state index contributed by atoms with van der Waals surface area (Å²) in [6.07, 6.45) is 35.4. The summed E-state index contributed by atoms with van der Waals surface area (Å²) in [5, 5.41) is 11.8. The molecule has 1 aliphatic heterocycles. The second-order valence-corrected chi connectivity index (χ2v) is 15.2. The van der Waals surface area contributed by atoms with Crippen molar-refractivity contribution in [2.75, 3.05) is 7.05 Å². The van der Waals surface area contributed by atoms with E-state index in [1.54, 1.807) is 6.08 Å². The van der Waals surface area contributed by atoms with Gasteiger partial charge in [-0.25, -0.2) is 0 Å². The Labute approximate surface area is 382 Å². The molecule has 6 rings (SSSR count). The lowest BCUT2D eigenvalue weighted by molar-refractivity contribution is 0.587. The molecular weight excluding hydrogens is 777 g/mol. The molecule has 1 heterocycles. The van der Waals surface area contributed by atoms with Crippen molar-refractivity contribution in [2.24, 2.45) is 10.7 Å². The highest BCUT2D eigenvalue weighted by molar-refractivity contribution is 5.80. The highest BCUT2D eigenvalue weighted by Gasteiger charge is 2.41. The van der Waals surface area contributed by atoms with E-state index in [-0.39, 0.29) is 6.04 Å². The van der Waals surface area contributed by atoms with Crippen molar-refractivity contribution in [3.8, 4) is 22.3 Å². The first-order valence-corrected chi connectivity index (χ1v) is 21.9. The molecule has 4 N–H and O–H groups in total. The number of benzene rings is 5. The van der Waals surface area contributed by atoms with Crippen LogP contribution in [0.5, 0.6) is 0 Å². The third kappa shape index (κ3) is 11.9. The molecule has 64 heavy (non-hydrogen) atoms. The van der Waals surface area contributed by atoms with E-state index in [1.807, 2.05) is 86.9 Å². The van der Waals surface area contributed by atoms with Gasteiger partial charge in [-0.15, -0.1) is 0 Å². The van der Waals surface area contributed by atoms with Gasteiger partial charge >= 0.3 is 0 Å². The lowest BCUT2D eigenvalue weighted by atomic mass is 9.63. The number of aliphatic imine (C=N–C) groups is 1. The minimum absolute atomic E-state index is 0.139. The van der Waals surface area contributed by atoms with Gasteiger partial charge in [-0.1, -0.05) is 189 Å². The fraction of sp³-hybridized carbons (Fsp3) is 0.133. The largest absolute Gasteiger partial charge is 0.378 e. The summed E-state index contributed by atoms with van der Waals surface area (Å²) >= 11 is 0. The maximum Gasteiger partial charge on any atom is 0.0713 e. The van der Waals surface area contributed by atoms with E-state index in [9.17, 15) is 0 Å². The molecule has 0 aromatic heterocycles. The van der Waals surface area contributed by atoms with Crippen LogP contribution in [0.3, 0.4) is 0 Å². The lowest BCUT2D eigenvalue weighted by Crippen LogP contribution is -2.32.